The molecule has 1 aliphatic rings. The maximum absolute atomic E-state index is 11.8. The lowest BCUT2D eigenvalue weighted by molar-refractivity contribution is -0.124. The second-order valence-electron chi connectivity index (χ2n) is 5.59. The Bertz CT molecular complexity index is 254. The van der Waals surface area contributed by atoms with Gasteiger partial charge >= 0.3 is 0 Å². The molecule has 1 aliphatic heterocycles. The maximum atomic E-state index is 11.8. The second kappa shape index (κ2) is 9.77. The molecule has 0 radical (unpaired) electrons. The summed E-state index contributed by atoms with van der Waals surface area (Å²) in [6.07, 6.45) is 0. The SMILES string of the molecule is CC(C)(C)[C@H](N)C(=O)NCCN1CCOCC1.Cl.Cl. The zero-order valence-corrected chi connectivity index (χ0v) is 13.6. The number of hydrogen-bond donors (Lipinski definition) is 2. The van der Waals surface area contributed by atoms with Crippen molar-refractivity contribution in [3.8, 4) is 0 Å². The number of rotatable bonds is 4. The molecule has 1 heterocycles. The van der Waals surface area contributed by atoms with Gasteiger partial charge in [-0.1, -0.05) is 20.8 Å². The van der Waals surface area contributed by atoms with Crippen LogP contribution < -0.4 is 11.1 Å². The van der Waals surface area contributed by atoms with E-state index in [-0.39, 0.29) is 36.1 Å². The number of nitrogens with zero attached hydrogens (tertiary/aromatic N) is 1. The Labute approximate surface area is 128 Å². The number of nitrogens with two attached hydrogens (primary N) is 1. The van der Waals surface area contributed by atoms with Gasteiger partial charge in [0.05, 0.1) is 19.3 Å². The molecule has 5 nitrogen and oxygen atoms in total. The van der Waals surface area contributed by atoms with Crippen LogP contribution in [0.25, 0.3) is 0 Å². The molecule has 0 aromatic heterocycles. The zero-order chi connectivity index (χ0) is 12.9. The Balaban J connectivity index is 0. The Morgan fingerprint density at radius 2 is 1.84 bits per heavy atom. The van der Waals surface area contributed by atoms with E-state index in [9.17, 15) is 4.79 Å². The van der Waals surface area contributed by atoms with E-state index in [1.807, 2.05) is 20.8 Å². The number of carbonyl (C=O) groups is 1. The average molecular weight is 316 g/mol. The fraction of sp³-hybridized carbons (Fsp3) is 0.917. The molecule has 0 aromatic rings. The number of carbonyl (C=O) groups excluding carboxylic acids is 1. The molecule has 0 aromatic carbocycles. The third-order valence-electron chi connectivity index (χ3n) is 3.05. The predicted octanol–water partition coefficient (Wildman–Crippen LogP) is 0.652. The summed E-state index contributed by atoms with van der Waals surface area (Å²) in [6.45, 7) is 10.9. The van der Waals surface area contributed by atoms with E-state index >= 15 is 0 Å². The quantitative estimate of drug-likeness (QED) is 0.799. The van der Waals surface area contributed by atoms with Crippen molar-refractivity contribution in [3.63, 3.8) is 0 Å². The van der Waals surface area contributed by atoms with Crippen molar-refractivity contribution in [2.45, 2.75) is 26.8 Å². The number of hydrogen-bond acceptors (Lipinski definition) is 4. The monoisotopic (exact) mass is 315 g/mol. The third kappa shape index (κ3) is 7.95. The minimum atomic E-state index is -0.452. The van der Waals surface area contributed by atoms with Gasteiger partial charge in [0.2, 0.25) is 5.91 Å². The van der Waals surface area contributed by atoms with Crippen LogP contribution in [-0.4, -0.2) is 56.2 Å². The average Bonchev–Trinajstić information content (AvgIpc) is 2.28. The summed E-state index contributed by atoms with van der Waals surface area (Å²) in [5.41, 5.74) is 5.68. The molecule has 116 valence electrons. The first-order chi connectivity index (χ1) is 7.91. The van der Waals surface area contributed by atoms with Crippen molar-refractivity contribution in [3.05, 3.63) is 0 Å². The van der Waals surface area contributed by atoms with Crippen molar-refractivity contribution in [1.82, 2.24) is 10.2 Å². The van der Waals surface area contributed by atoms with Gasteiger partial charge in [-0.15, -0.1) is 24.8 Å². The van der Waals surface area contributed by atoms with Crippen molar-refractivity contribution >= 4 is 30.7 Å². The standard InChI is InChI=1S/C12H25N3O2.2ClH/c1-12(2,3)10(13)11(16)14-4-5-15-6-8-17-9-7-15;;/h10H,4-9,13H2,1-3H3,(H,14,16);2*1H/t10-;;/m1../s1. The van der Waals surface area contributed by atoms with E-state index in [0.717, 1.165) is 32.8 Å². The van der Waals surface area contributed by atoms with Gasteiger partial charge in [-0.2, -0.15) is 0 Å². The second-order valence-corrected chi connectivity index (χ2v) is 5.59. The fourth-order valence-electron chi connectivity index (χ4n) is 1.67. The molecule has 1 rings (SSSR count). The summed E-state index contributed by atoms with van der Waals surface area (Å²) in [7, 11) is 0. The largest absolute Gasteiger partial charge is 0.379 e. The highest BCUT2D eigenvalue weighted by molar-refractivity contribution is 5.85. The topological polar surface area (TPSA) is 67.6 Å². The van der Waals surface area contributed by atoms with Crippen LogP contribution in [0.3, 0.4) is 0 Å². The highest BCUT2D eigenvalue weighted by Crippen LogP contribution is 2.16. The Morgan fingerprint density at radius 3 is 2.32 bits per heavy atom. The zero-order valence-electron chi connectivity index (χ0n) is 12.0. The van der Waals surface area contributed by atoms with Gasteiger partial charge in [-0.05, 0) is 5.41 Å². The molecule has 1 amide bonds. The van der Waals surface area contributed by atoms with Crippen LogP contribution in [0.1, 0.15) is 20.8 Å². The van der Waals surface area contributed by atoms with Crippen LogP contribution in [0.4, 0.5) is 0 Å². The number of ether oxygens (including phenoxy) is 1. The molecule has 3 N–H and O–H groups in total. The Kier molecular flexibility index (Phi) is 10.9. The number of nitrogens with one attached hydrogen (secondary N) is 1. The van der Waals surface area contributed by atoms with Crippen LogP contribution in [0.5, 0.6) is 0 Å². The first kappa shape index (κ1) is 21.2. The lowest BCUT2D eigenvalue weighted by Gasteiger charge is -2.28. The summed E-state index contributed by atoms with van der Waals surface area (Å²) in [5.74, 6) is -0.0641. The molecule has 0 spiro atoms. The van der Waals surface area contributed by atoms with Gasteiger partial charge in [-0.3, -0.25) is 9.69 Å². The molecule has 0 aliphatic carbocycles. The minimum Gasteiger partial charge on any atom is -0.379 e. The number of halogens is 2. The molecule has 0 bridgehead atoms. The van der Waals surface area contributed by atoms with Crippen molar-refractivity contribution in [2.75, 3.05) is 39.4 Å². The molecule has 1 fully saturated rings. The Morgan fingerprint density at radius 1 is 1.32 bits per heavy atom. The minimum absolute atomic E-state index is 0. The van der Waals surface area contributed by atoms with Crippen molar-refractivity contribution < 1.29 is 9.53 Å². The summed E-state index contributed by atoms with van der Waals surface area (Å²) < 4.78 is 5.26. The van der Waals surface area contributed by atoms with Crippen molar-refractivity contribution in [2.24, 2.45) is 11.1 Å². The van der Waals surface area contributed by atoms with E-state index in [2.05, 4.69) is 10.2 Å². The van der Waals surface area contributed by atoms with Crippen LogP contribution in [0.2, 0.25) is 0 Å². The van der Waals surface area contributed by atoms with Crippen LogP contribution in [0, 0.1) is 5.41 Å². The van der Waals surface area contributed by atoms with Crippen LogP contribution in [-0.2, 0) is 9.53 Å². The van der Waals surface area contributed by atoms with E-state index in [1.54, 1.807) is 0 Å². The molecule has 19 heavy (non-hydrogen) atoms. The van der Waals surface area contributed by atoms with Gasteiger partial charge in [0.1, 0.15) is 0 Å². The van der Waals surface area contributed by atoms with Crippen LogP contribution >= 0.6 is 24.8 Å². The highest BCUT2D eigenvalue weighted by Gasteiger charge is 2.27. The van der Waals surface area contributed by atoms with E-state index in [4.69, 9.17) is 10.5 Å². The third-order valence-corrected chi connectivity index (χ3v) is 3.05. The van der Waals surface area contributed by atoms with E-state index in [0.29, 0.717) is 6.54 Å². The van der Waals surface area contributed by atoms with E-state index < -0.39 is 6.04 Å². The van der Waals surface area contributed by atoms with Gasteiger partial charge in [0.15, 0.2) is 0 Å². The predicted molar refractivity (Wildman–Crippen MR) is 82.2 cm³/mol. The summed E-state index contributed by atoms with van der Waals surface area (Å²) in [4.78, 5) is 14.0. The molecular formula is C12H27Cl2N3O2. The molecule has 1 atom stereocenters. The first-order valence-corrected chi connectivity index (χ1v) is 6.24. The van der Waals surface area contributed by atoms with Gasteiger partial charge < -0.3 is 15.8 Å². The molecular weight excluding hydrogens is 289 g/mol. The van der Waals surface area contributed by atoms with E-state index in [1.165, 1.54) is 0 Å². The number of amides is 1. The van der Waals surface area contributed by atoms with Gasteiger partial charge in [0, 0.05) is 26.2 Å². The maximum Gasteiger partial charge on any atom is 0.237 e. The number of morpholine rings is 1. The molecule has 1 saturated heterocycles. The van der Waals surface area contributed by atoms with Gasteiger partial charge in [0.25, 0.3) is 0 Å². The first-order valence-electron chi connectivity index (χ1n) is 6.24. The summed E-state index contributed by atoms with van der Waals surface area (Å²) in [5, 5.41) is 2.89. The smallest absolute Gasteiger partial charge is 0.237 e. The fourth-order valence-corrected chi connectivity index (χ4v) is 1.67. The van der Waals surface area contributed by atoms with Crippen molar-refractivity contribution in [1.29, 1.82) is 0 Å². The lowest BCUT2D eigenvalue weighted by atomic mass is 9.87. The summed E-state index contributed by atoms with van der Waals surface area (Å²) >= 11 is 0. The van der Waals surface area contributed by atoms with Crippen LogP contribution in [0.15, 0.2) is 0 Å². The van der Waals surface area contributed by atoms with Gasteiger partial charge in [-0.25, -0.2) is 0 Å². The molecule has 0 saturated carbocycles. The summed E-state index contributed by atoms with van der Waals surface area (Å²) in [6, 6.07) is -0.452. The Hall–Kier alpha value is -0.0700. The lowest BCUT2D eigenvalue weighted by Crippen LogP contribution is -2.50. The molecule has 7 heteroatoms. The molecule has 0 unspecified atom stereocenters. The highest BCUT2D eigenvalue weighted by atomic mass is 35.5. The normalized spacial score (nSPS) is 17.9.